The zero-order valence-corrected chi connectivity index (χ0v) is 78.4. The second kappa shape index (κ2) is 45.6. The fourth-order valence-electron chi connectivity index (χ4n) is 16.9. The van der Waals surface area contributed by atoms with Gasteiger partial charge in [-0.25, -0.2) is 57.1 Å². The molecular weight excluding hydrogens is 1810 g/mol. The van der Waals surface area contributed by atoms with E-state index < -0.39 is 22.4 Å². The highest BCUT2D eigenvalue weighted by Crippen LogP contribution is 2.39. The molecule has 720 valence electrons. The van der Waals surface area contributed by atoms with Gasteiger partial charge in [-0.2, -0.15) is 26.1 Å². The molecule has 12 aromatic rings. The number of piperidine rings is 1. The molecule has 2 saturated carbocycles. The number of alkyl halides is 2. The number of carbonyl (C=O) groups is 1. The van der Waals surface area contributed by atoms with E-state index >= 15 is 0 Å². The third kappa shape index (κ3) is 25.9. The zero-order valence-electron chi connectivity index (χ0n) is 77.6. The Morgan fingerprint density at radius 3 is 1.18 bits per heavy atom. The topological polar surface area (TPSA) is 416 Å². The number of aromatic nitrogens is 10. The second-order valence-electron chi connectivity index (χ2n) is 35.3. The number of likely N-dealkylation sites (tertiary alicyclic amines) is 1. The number of anilines is 10. The lowest BCUT2D eigenvalue weighted by molar-refractivity contribution is -0.135. The molecule has 11 heterocycles. The molecule has 1 amide bonds. The van der Waals surface area contributed by atoms with Gasteiger partial charge in [-0.15, -0.1) is 0 Å². The Hall–Kier alpha value is -14.9. The predicted octanol–water partition coefficient (Wildman–Crippen LogP) is 14.9. The number of nitrogens with zero attached hydrogens (tertiary/aromatic N) is 19. The normalized spacial score (nSPS) is 17.0. The van der Waals surface area contributed by atoms with Gasteiger partial charge in [0.25, 0.3) is 0 Å². The Morgan fingerprint density at radius 1 is 0.450 bits per heavy atom. The summed E-state index contributed by atoms with van der Waals surface area (Å²) in [7, 11) is -1.43. The largest absolute Gasteiger partial charge is 0.492 e. The van der Waals surface area contributed by atoms with Crippen LogP contribution in [0.5, 0.6) is 23.0 Å². The Morgan fingerprint density at radius 2 is 0.821 bits per heavy atom. The number of nitrogens with one attached hydrogen (secondary N) is 4. The van der Waals surface area contributed by atoms with Crippen LogP contribution in [0.2, 0.25) is 0 Å². The predicted molar refractivity (Wildman–Crippen MR) is 522 cm³/mol. The van der Waals surface area contributed by atoms with Crippen molar-refractivity contribution in [3.63, 3.8) is 0 Å². The monoisotopic (exact) mass is 1910 g/mol. The third-order valence-electron chi connectivity index (χ3n) is 25.3. The summed E-state index contributed by atoms with van der Waals surface area (Å²) >= 11 is 0. The summed E-state index contributed by atoms with van der Waals surface area (Å²) in [5.74, 6) is 4.92. The van der Waals surface area contributed by atoms with Crippen molar-refractivity contribution in [2.45, 2.75) is 105 Å². The number of rotatable bonds is 27. The summed E-state index contributed by atoms with van der Waals surface area (Å²) in [5.41, 5.74) is 9.49. The molecule has 7 aromatic carbocycles. The van der Waals surface area contributed by atoms with E-state index in [4.69, 9.17) is 38.3 Å². The second-order valence-corrected chi connectivity index (χ2v) is 37.3. The van der Waals surface area contributed by atoms with Crippen molar-refractivity contribution >= 4 is 73.3 Å². The molecular formula is C103H107F2N23O11S. The van der Waals surface area contributed by atoms with Gasteiger partial charge in [0.2, 0.25) is 11.8 Å². The third-order valence-corrected chi connectivity index (χ3v) is 26.4. The summed E-state index contributed by atoms with van der Waals surface area (Å²) < 4.78 is 91.8. The molecule has 8 aliphatic rings. The van der Waals surface area contributed by atoms with Crippen molar-refractivity contribution in [3.05, 3.63) is 229 Å². The van der Waals surface area contributed by atoms with Gasteiger partial charge in [-0.1, -0.05) is 0 Å². The zero-order chi connectivity index (χ0) is 96.9. The van der Waals surface area contributed by atoms with Crippen LogP contribution in [0, 0.1) is 51.2 Å². The number of carbonyl (C=O) groups excluding carboxylic acids is 1. The first-order chi connectivity index (χ1) is 68.2. The fraction of sp³-hybridized carbons (Fsp3) is 0.359. The average molecular weight is 1910 g/mol. The first-order valence-corrected chi connectivity index (χ1v) is 48.8. The van der Waals surface area contributed by atoms with E-state index in [-0.39, 0.29) is 54.8 Å². The summed E-state index contributed by atoms with van der Waals surface area (Å²) in [5, 5.41) is 64.8. The maximum Gasteiger partial charge on any atom is 0.248 e. The maximum absolute atomic E-state index is 13.5. The number of hydrogen-bond donors (Lipinski definition) is 5. The van der Waals surface area contributed by atoms with E-state index in [1.165, 1.54) is 36.3 Å². The van der Waals surface area contributed by atoms with Crippen LogP contribution in [0.25, 0.3) is 45.6 Å². The molecule has 0 unspecified atom stereocenters. The van der Waals surface area contributed by atoms with Crippen LogP contribution in [0.1, 0.15) is 86.5 Å². The molecule has 0 atom stereocenters. The number of halogens is 2. The SMILES string of the molecule is CS(=O)(=O)c1ccc(Nc2ccnc(-c3ccc(OC4CCN(C(=O)CO)CC4)c(C#N)c3)n2)cc1.Cn1ccc(Nc2ccnc(-c3ccc(OC4CCOCC4)c(C#N)c3)n2)n1.N#Cc1cc(-c2nccc(Nc3ccc(N4CCN(C5COC5)CC4)cc3)n2)ccc1OC1CCC(F)(F)CC1.N#Cc1cc(-c2nccc(Nc3ccc(N4CCN(C5COC5)CC4)cc3)n2)ccc1OCC1CC1. The Balaban J connectivity index is 0.000000130. The van der Waals surface area contributed by atoms with E-state index in [2.05, 4.69) is 147 Å². The van der Waals surface area contributed by atoms with E-state index in [0.717, 1.165) is 120 Å². The molecule has 2 aliphatic carbocycles. The minimum absolute atomic E-state index is 0.0776. The van der Waals surface area contributed by atoms with Crippen molar-refractivity contribution in [2.75, 3.05) is 156 Å². The summed E-state index contributed by atoms with van der Waals surface area (Å²) in [6.07, 6.45) is 14.7. The lowest BCUT2D eigenvalue weighted by Gasteiger charge is -2.43. The van der Waals surface area contributed by atoms with Crippen LogP contribution in [0.4, 0.5) is 66.3 Å². The number of aliphatic hydroxyl groups excluding tert-OH is 1. The highest BCUT2D eigenvalue weighted by atomic mass is 32.2. The lowest BCUT2D eigenvalue weighted by atomic mass is 9.94. The molecule has 0 radical (unpaired) electrons. The smallest absolute Gasteiger partial charge is 0.248 e. The van der Waals surface area contributed by atoms with E-state index in [1.54, 1.807) is 113 Å². The highest BCUT2D eigenvalue weighted by molar-refractivity contribution is 7.90. The van der Waals surface area contributed by atoms with Crippen molar-refractivity contribution < 1.29 is 60.3 Å². The molecule has 6 saturated heterocycles. The Labute approximate surface area is 810 Å². The van der Waals surface area contributed by atoms with E-state index in [9.17, 15) is 43.0 Å². The Bertz CT molecular complexity index is 6570. The van der Waals surface area contributed by atoms with Crippen LogP contribution in [-0.4, -0.2) is 245 Å². The van der Waals surface area contributed by atoms with Gasteiger partial charge >= 0.3 is 0 Å². The van der Waals surface area contributed by atoms with Crippen molar-refractivity contribution in [1.29, 1.82) is 21.0 Å². The molecule has 0 spiro atoms. The fourth-order valence-corrected chi connectivity index (χ4v) is 17.6. The van der Waals surface area contributed by atoms with Crippen LogP contribution in [0.3, 0.4) is 0 Å². The van der Waals surface area contributed by atoms with Crippen LogP contribution < -0.4 is 50.0 Å². The molecule has 5 N–H and O–H groups in total. The first kappa shape index (κ1) is 96.7. The van der Waals surface area contributed by atoms with E-state index in [0.29, 0.717) is 178 Å². The van der Waals surface area contributed by atoms with Crippen molar-refractivity contribution in [2.24, 2.45) is 13.0 Å². The first-order valence-electron chi connectivity index (χ1n) is 46.9. The molecule has 140 heavy (non-hydrogen) atoms. The molecule has 0 bridgehead atoms. The quantitative estimate of drug-likeness (QED) is 0.0319. The number of sulfone groups is 1. The van der Waals surface area contributed by atoms with Crippen LogP contribution in [-0.2, 0) is 35.9 Å². The van der Waals surface area contributed by atoms with Gasteiger partial charge in [0.1, 0.15) is 89.4 Å². The summed E-state index contributed by atoms with van der Waals surface area (Å²) in [4.78, 5) is 59.2. The van der Waals surface area contributed by atoms with E-state index in [1.807, 2.05) is 61.8 Å². The Kier molecular flexibility index (Phi) is 31.5. The molecule has 8 fully saturated rings. The van der Waals surface area contributed by atoms with Gasteiger partial charge in [0, 0.05) is 205 Å². The summed E-state index contributed by atoms with van der Waals surface area (Å²) in [6, 6.07) is 63.4. The highest BCUT2D eigenvalue weighted by Gasteiger charge is 2.37. The minimum atomic E-state index is -3.28. The lowest BCUT2D eigenvalue weighted by Crippen LogP contribution is -2.56. The molecule has 37 heteroatoms. The maximum atomic E-state index is 13.5. The van der Waals surface area contributed by atoms with Gasteiger partial charge in [0.05, 0.1) is 91.6 Å². The number of piperazine rings is 2. The number of hydrogen-bond acceptors (Lipinski definition) is 32. The van der Waals surface area contributed by atoms with Crippen LogP contribution in [0.15, 0.2) is 212 Å². The minimum Gasteiger partial charge on any atom is -0.492 e. The van der Waals surface area contributed by atoms with Gasteiger partial charge in [0.15, 0.2) is 39.0 Å². The standard InChI is InChI=1S/C30H32F2N6O2.C28H30N6O2.C25H25N5O5S.C20H20N6O2/c31-30(32)10-7-26(8-11-30)40-27-6-1-21(17-22(27)18-33)29-34-12-9-28(36-29)35-23-2-4-24(5-3-23)37-13-15-38(16-14-37)25-19-39-20-25;29-16-22-15-21(3-8-26(22)36-17-20-1-2-20)28-30-10-9-27(32-28)31-23-4-6-24(7-5-23)33-11-13-34(14-12-33)25-18-35-19-25;1-36(33,34)21-5-3-19(4-6-21)28-23-8-11-27-25(29-23)17-2-7-22(18(14-17)15-26)35-20-9-12-30(13-10-20)24(32)16-31;1-26-9-5-19(25-26)23-18-4-8-22-20(24-18)14-2-3-17(15(12-14)13-21)28-16-6-10-27-11-7-16/h1-6,9,12,17,25-26H,7-8,10-11,13-16,19-20H2,(H,34,35,36);3-10,15,20,25H,1-2,11-14,17-19H2,(H,30,31,32);2-8,11,14,20,31H,9-10,12-13,16H2,1H3,(H,27,28,29);2-5,8-9,12,16H,6-7,10-11H2,1H3,(H,22,23,24,25). The number of nitriles is 4. The average Bonchev–Trinajstić information content (AvgIpc) is 0.944. The van der Waals surface area contributed by atoms with Gasteiger partial charge in [-0.05, 0) is 201 Å². The van der Waals surface area contributed by atoms with Crippen LogP contribution >= 0.6 is 0 Å². The number of benzene rings is 7. The number of ether oxygens (including phenoxy) is 7. The van der Waals surface area contributed by atoms with Crippen molar-refractivity contribution in [1.82, 2.24) is 64.4 Å². The van der Waals surface area contributed by atoms with Crippen molar-refractivity contribution in [3.8, 4) is 92.8 Å². The molecule has 20 rings (SSSR count). The molecule has 5 aromatic heterocycles. The molecule has 6 aliphatic heterocycles. The number of aliphatic hydroxyl groups is 1. The molecule has 34 nitrogen and oxygen atoms in total. The summed E-state index contributed by atoms with van der Waals surface area (Å²) in [6.45, 7) is 14.4. The van der Waals surface area contributed by atoms with Gasteiger partial charge < -0.3 is 74.2 Å². The van der Waals surface area contributed by atoms with Gasteiger partial charge in [-0.3, -0.25) is 19.3 Å². The number of aryl methyl sites for hydroxylation is 1. The number of amides is 1.